The molecule has 0 radical (unpaired) electrons. The summed E-state index contributed by atoms with van der Waals surface area (Å²) < 4.78 is 39.3. The van der Waals surface area contributed by atoms with Crippen LogP contribution in [-0.4, -0.2) is 60.6 Å². The van der Waals surface area contributed by atoms with Gasteiger partial charge in [-0.05, 0) is 30.5 Å². The fourth-order valence-corrected chi connectivity index (χ4v) is 3.90. The minimum absolute atomic E-state index is 0.253. The number of aliphatic imine (C=N–C) groups is 1. The van der Waals surface area contributed by atoms with Crippen molar-refractivity contribution in [3.63, 3.8) is 0 Å². The van der Waals surface area contributed by atoms with Crippen LogP contribution in [0.5, 0.6) is 0 Å². The molecule has 2 fully saturated rings. The van der Waals surface area contributed by atoms with Crippen molar-refractivity contribution in [2.75, 3.05) is 44.7 Å². The molecule has 1 aromatic heterocycles. The van der Waals surface area contributed by atoms with E-state index in [9.17, 15) is 13.2 Å². The Kier molecular flexibility index (Phi) is 5.53. The van der Waals surface area contributed by atoms with E-state index in [1.165, 1.54) is 12.1 Å². The summed E-state index contributed by atoms with van der Waals surface area (Å²) in [6.07, 6.45) is 0.892. The lowest BCUT2D eigenvalue weighted by atomic mass is 9.94. The number of nitrogens with one attached hydrogen (secondary N) is 1. The van der Waals surface area contributed by atoms with E-state index < -0.39 is 11.7 Å². The first kappa shape index (κ1) is 20.4. The smallest absolute Gasteiger partial charge is 0.355 e. The van der Waals surface area contributed by atoms with E-state index >= 15 is 0 Å². The van der Waals surface area contributed by atoms with Gasteiger partial charge < -0.3 is 15.1 Å². The van der Waals surface area contributed by atoms with Gasteiger partial charge in [0, 0.05) is 57.6 Å². The van der Waals surface area contributed by atoms with Crippen LogP contribution in [0, 0.1) is 0 Å². The summed E-state index contributed by atoms with van der Waals surface area (Å²) in [6, 6.07) is 7.50. The minimum Gasteiger partial charge on any atom is -0.355 e. The number of nitrogens with zero attached hydrogens (tertiary/aromatic N) is 5. The number of benzene rings is 1. The Hall–Kier alpha value is -2.84. The van der Waals surface area contributed by atoms with E-state index in [2.05, 4.69) is 30.1 Å². The van der Waals surface area contributed by atoms with Gasteiger partial charge in [0.1, 0.15) is 0 Å². The number of aromatic nitrogens is 2. The Bertz CT molecular complexity index is 887. The van der Waals surface area contributed by atoms with Crippen LogP contribution in [0.15, 0.2) is 47.7 Å². The maximum Gasteiger partial charge on any atom is 0.416 e. The Balaban J connectivity index is 1.36. The molecule has 2 aliphatic rings. The number of alkyl halides is 3. The molecule has 1 saturated heterocycles. The monoisotopic (exact) mass is 418 g/mol. The molecule has 9 heteroatoms. The van der Waals surface area contributed by atoms with Crippen LogP contribution in [0.25, 0.3) is 0 Å². The Morgan fingerprint density at radius 2 is 1.80 bits per heavy atom. The van der Waals surface area contributed by atoms with Crippen LogP contribution in [0.1, 0.15) is 24.0 Å². The van der Waals surface area contributed by atoms with E-state index in [0.717, 1.165) is 62.6 Å². The van der Waals surface area contributed by atoms with Gasteiger partial charge in [0.05, 0.1) is 5.56 Å². The predicted molar refractivity (Wildman–Crippen MR) is 110 cm³/mol. The third-order valence-electron chi connectivity index (χ3n) is 5.87. The number of hydrogen-bond donors (Lipinski definition) is 1. The summed E-state index contributed by atoms with van der Waals surface area (Å²) in [4.78, 5) is 17.3. The standard InChI is InChI=1S/C21H25F3N6/c1-25-18(29-10-12-30(13-11-29)19-26-8-3-9-27-19)28-15-20(6-7-20)16-4-2-5-17(14-16)21(22,23)24/h2-5,8-9,14H,6-7,10-13,15H2,1H3,(H,25,28). The summed E-state index contributed by atoms with van der Waals surface area (Å²) >= 11 is 0. The van der Waals surface area contributed by atoms with E-state index in [1.54, 1.807) is 31.6 Å². The molecule has 0 unspecified atom stereocenters. The molecule has 2 aromatic rings. The van der Waals surface area contributed by atoms with Crippen molar-refractivity contribution in [2.24, 2.45) is 4.99 Å². The average Bonchev–Trinajstić information content (AvgIpc) is 3.56. The minimum atomic E-state index is -4.32. The summed E-state index contributed by atoms with van der Waals surface area (Å²) in [5.74, 6) is 1.50. The van der Waals surface area contributed by atoms with Crippen LogP contribution in [-0.2, 0) is 11.6 Å². The molecule has 0 spiro atoms. The number of rotatable bonds is 4. The van der Waals surface area contributed by atoms with Crippen molar-refractivity contribution < 1.29 is 13.2 Å². The predicted octanol–water partition coefficient (Wildman–Crippen LogP) is 2.92. The van der Waals surface area contributed by atoms with Gasteiger partial charge in [0.25, 0.3) is 0 Å². The molecule has 1 N–H and O–H groups in total. The Morgan fingerprint density at radius 3 is 2.40 bits per heavy atom. The van der Waals surface area contributed by atoms with Crippen LogP contribution >= 0.6 is 0 Å². The van der Waals surface area contributed by atoms with E-state index in [1.807, 2.05) is 0 Å². The van der Waals surface area contributed by atoms with Crippen LogP contribution in [0.4, 0.5) is 19.1 Å². The zero-order chi connectivity index (χ0) is 21.2. The molecule has 30 heavy (non-hydrogen) atoms. The molecule has 1 aliphatic carbocycles. The summed E-state index contributed by atoms with van der Waals surface area (Å²) in [6.45, 7) is 3.68. The second-order valence-electron chi connectivity index (χ2n) is 7.78. The van der Waals surface area contributed by atoms with Crippen LogP contribution in [0.2, 0.25) is 0 Å². The largest absolute Gasteiger partial charge is 0.416 e. The number of hydrogen-bond acceptors (Lipinski definition) is 4. The zero-order valence-corrected chi connectivity index (χ0v) is 16.9. The molecule has 0 atom stereocenters. The molecule has 160 valence electrons. The zero-order valence-electron chi connectivity index (χ0n) is 16.9. The third kappa shape index (κ3) is 4.34. The number of piperazine rings is 1. The first-order valence-electron chi connectivity index (χ1n) is 10.1. The van der Waals surface area contributed by atoms with Gasteiger partial charge in [-0.1, -0.05) is 18.2 Å². The topological polar surface area (TPSA) is 56.7 Å². The van der Waals surface area contributed by atoms with E-state index in [-0.39, 0.29) is 5.41 Å². The summed E-state index contributed by atoms with van der Waals surface area (Å²) in [5.41, 5.74) is -0.0992. The van der Waals surface area contributed by atoms with Crippen molar-refractivity contribution in [3.05, 3.63) is 53.9 Å². The molecule has 1 aliphatic heterocycles. The van der Waals surface area contributed by atoms with Crippen LogP contribution < -0.4 is 10.2 Å². The normalized spacial score (nSPS) is 19.0. The lowest BCUT2D eigenvalue weighted by molar-refractivity contribution is -0.137. The quantitative estimate of drug-likeness (QED) is 0.611. The van der Waals surface area contributed by atoms with Crippen LogP contribution in [0.3, 0.4) is 0 Å². The second-order valence-corrected chi connectivity index (χ2v) is 7.78. The van der Waals surface area contributed by atoms with Gasteiger partial charge in [-0.15, -0.1) is 0 Å². The van der Waals surface area contributed by atoms with Gasteiger partial charge >= 0.3 is 6.18 Å². The number of guanidine groups is 1. The number of anilines is 1. The van der Waals surface area contributed by atoms with Crippen molar-refractivity contribution >= 4 is 11.9 Å². The maximum absolute atomic E-state index is 13.1. The maximum atomic E-state index is 13.1. The summed E-state index contributed by atoms with van der Waals surface area (Å²) in [7, 11) is 1.73. The Labute approximate surface area is 173 Å². The highest BCUT2D eigenvalue weighted by atomic mass is 19.4. The van der Waals surface area contributed by atoms with Gasteiger partial charge in [-0.25, -0.2) is 9.97 Å². The first-order chi connectivity index (χ1) is 14.4. The lowest BCUT2D eigenvalue weighted by Crippen LogP contribution is -2.53. The molecule has 0 amide bonds. The Morgan fingerprint density at radius 1 is 1.10 bits per heavy atom. The molecule has 0 bridgehead atoms. The number of halogens is 3. The van der Waals surface area contributed by atoms with Crippen molar-refractivity contribution in [1.82, 2.24) is 20.2 Å². The molecule has 2 heterocycles. The molecule has 1 saturated carbocycles. The third-order valence-corrected chi connectivity index (χ3v) is 5.87. The molecular weight excluding hydrogens is 393 g/mol. The van der Waals surface area contributed by atoms with Gasteiger partial charge in [0.2, 0.25) is 5.95 Å². The van der Waals surface area contributed by atoms with Gasteiger partial charge in [-0.2, -0.15) is 13.2 Å². The van der Waals surface area contributed by atoms with Gasteiger partial charge in [-0.3, -0.25) is 4.99 Å². The van der Waals surface area contributed by atoms with Crippen molar-refractivity contribution in [2.45, 2.75) is 24.4 Å². The highest BCUT2D eigenvalue weighted by Crippen LogP contribution is 2.48. The molecule has 1 aromatic carbocycles. The van der Waals surface area contributed by atoms with Crippen molar-refractivity contribution in [3.8, 4) is 0 Å². The summed E-state index contributed by atoms with van der Waals surface area (Å²) in [5, 5.41) is 3.40. The SMILES string of the molecule is CN=C(NCC1(c2cccc(C(F)(F)F)c2)CC1)N1CCN(c2ncccn2)CC1. The molecule has 4 rings (SSSR count). The van der Waals surface area contributed by atoms with E-state index in [0.29, 0.717) is 6.54 Å². The first-order valence-corrected chi connectivity index (χ1v) is 10.1. The highest BCUT2D eigenvalue weighted by molar-refractivity contribution is 5.80. The fraction of sp³-hybridized carbons (Fsp3) is 0.476. The van der Waals surface area contributed by atoms with Gasteiger partial charge in [0.15, 0.2) is 5.96 Å². The second kappa shape index (κ2) is 8.12. The molecule has 6 nitrogen and oxygen atoms in total. The fourth-order valence-electron chi connectivity index (χ4n) is 3.90. The lowest BCUT2D eigenvalue weighted by Gasteiger charge is -2.36. The average molecular weight is 418 g/mol. The van der Waals surface area contributed by atoms with E-state index in [4.69, 9.17) is 0 Å². The highest BCUT2D eigenvalue weighted by Gasteiger charge is 2.45. The molecular formula is C21H25F3N6. The van der Waals surface area contributed by atoms with Crippen molar-refractivity contribution in [1.29, 1.82) is 0 Å².